The Hall–Kier alpha value is -3.15. The predicted octanol–water partition coefficient (Wildman–Crippen LogP) is 4.53. The first-order valence-electron chi connectivity index (χ1n) is 13.0. The molecule has 1 aliphatic rings. The maximum Gasteiger partial charge on any atom is 0.324 e. The van der Waals surface area contributed by atoms with E-state index in [0.29, 0.717) is 17.1 Å². The number of hydrogen-bond donors (Lipinski definition) is 2. The molecule has 11 heteroatoms. The first-order chi connectivity index (χ1) is 18.3. The monoisotopic (exact) mass is 540 g/mol. The standard InChI is InChI=1S/C25H30N6O2S.C2H6O2/c1-14(2)22-29-24(33-30-22)31-12-10-18(11-13-31)17(5)32-25-28-21-9-8-20(27-23(21)34-25)19-7-6-15(3)26-16(19)4;3-1-2-4/h6-9,14,17-18H,10-13H2,1-5H3;3-4H,1-2H2. The van der Waals surface area contributed by atoms with E-state index in [2.05, 4.69) is 51.8 Å². The zero-order valence-electron chi connectivity index (χ0n) is 22.6. The number of thiazole rings is 1. The van der Waals surface area contributed by atoms with Gasteiger partial charge < -0.3 is 24.4 Å². The molecule has 0 saturated carbocycles. The zero-order chi connectivity index (χ0) is 27.2. The summed E-state index contributed by atoms with van der Waals surface area (Å²) in [5, 5.41) is 20.0. The van der Waals surface area contributed by atoms with Crippen LogP contribution in [0.1, 0.15) is 56.7 Å². The van der Waals surface area contributed by atoms with Crippen molar-refractivity contribution in [2.75, 3.05) is 31.2 Å². The van der Waals surface area contributed by atoms with Gasteiger partial charge in [-0.05, 0) is 63.8 Å². The van der Waals surface area contributed by atoms with Crippen molar-refractivity contribution in [2.24, 2.45) is 5.92 Å². The van der Waals surface area contributed by atoms with Crippen LogP contribution in [0, 0.1) is 19.8 Å². The summed E-state index contributed by atoms with van der Waals surface area (Å²) in [5.41, 5.74) is 4.81. The van der Waals surface area contributed by atoms with E-state index in [4.69, 9.17) is 24.5 Å². The minimum Gasteiger partial charge on any atom is -0.467 e. The van der Waals surface area contributed by atoms with Gasteiger partial charge in [-0.3, -0.25) is 4.98 Å². The quantitative estimate of drug-likeness (QED) is 0.345. The van der Waals surface area contributed by atoms with Gasteiger partial charge in [0, 0.05) is 36.0 Å². The lowest BCUT2D eigenvalue weighted by molar-refractivity contribution is 0.131. The highest BCUT2D eigenvalue weighted by Crippen LogP contribution is 2.33. The molecule has 204 valence electrons. The van der Waals surface area contributed by atoms with Gasteiger partial charge >= 0.3 is 6.01 Å². The highest BCUT2D eigenvalue weighted by atomic mass is 32.1. The largest absolute Gasteiger partial charge is 0.467 e. The number of nitrogens with zero attached hydrogens (tertiary/aromatic N) is 6. The molecule has 38 heavy (non-hydrogen) atoms. The van der Waals surface area contributed by atoms with Gasteiger partial charge in [-0.15, -0.1) is 0 Å². The van der Waals surface area contributed by atoms with Gasteiger partial charge in [0.25, 0.3) is 5.19 Å². The van der Waals surface area contributed by atoms with E-state index in [1.54, 1.807) is 0 Å². The van der Waals surface area contributed by atoms with Crippen molar-refractivity contribution in [1.29, 1.82) is 0 Å². The van der Waals surface area contributed by atoms with Crippen molar-refractivity contribution < 1.29 is 19.5 Å². The van der Waals surface area contributed by atoms with Crippen molar-refractivity contribution in [1.82, 2.24) is 25.1 Å². The lowest BCUT2D eigenvalue weighted by Crippen LogP contribution is -2.38. The van der Waals surface area contributed by atoms with E-state index >= 15 is 0 Å². The van der Waals surface area contributed by atoms with Crippen molar-refractivity contribution in [2.45, 2.75) is 59.5 Å². The molecule has 0 aliphatic carbocycles. The second-order valence-electron chi connectivity index (χ2n) is 9.77. The van der Waals surface area contributed by atoms with E-state index in [0.717, 1.165) is 64.7 Å². The minimum atomic E-state index is -0.125. The SMILES string of the molecule is Cc1ccc(-c2ccc3nc(OC(C)C4CCN(c5nc(C(C)C)no5)CC4)sc3n2)c(C)n1.OCCO. The number of piperidine rings is 1. The van der Waals surface area contributed by atoms with Gasteiger partial charge in [-0.25, -0.2) is 9.97 Å². The number of aliphatic hydroxyl groups is 2. The summed E-state index contributed by atoms with van der Waals surface area (Å²) in [5.74, 6) is 1.47. The van der Waals surface area contributed by atoms with Crippen LogP contribution in [0.5, 0.6) is 5.19 Å². The molecule has 1 unspecified atom stereocenters. The third kappa shape index (κ3) is 6.64. The Morgan fingerprint density at radius 1 is 1.00 bits per heavy atom. The average Bonchev–Trinajstić information content (AvgIpc) is 3.56. The molecule has 5 heterocycles. The number of aromatic nitrogens is 5. The Kier molecular flexibility index (Phi) is 9.24. The second kappa shape index (κ2) is 12.6. The second-order valence-corrected chi connectivity index (χ2v) is 10.7. The van der Waals surface area contributed by atoms with Crippen LogP contribution in [-0.2, 0) is 0 Å². The molecule has 4 aromatic heterocycles. The average molecular weight is 541 g/mol. The summed E-state index contributed by atoms with van der Waals surface area (Å²) in [6.45, 7) is 11.8. The topological polar surface area (TPSA) is 131 Å². The first kappa shape index (κ1) is 27.9. The summed E-state index contributed by atoms with van der Waals surface area (Å²) in [6.07, 6.45) is 2.08. The van der Waals surface area contributed by atoms with Crippen LogP contribution in [0.4, 0.5) is 6.01 Å². The number of ether oxygens (including phenoxy) is 1. The molecule has 0 amide bonds. The highest BCUT2D eigenvalue weighted by molar-refractivity contribution is 7.19. The molecule has 0 radical (unpaired) electrons. The van der Waals surface area contributed by atoms with Gasteiger partial charge in [0.1, 0.15) is 16.5 Å². The first-order valence-corrected chi connectivity index (χ1v) is 13.8. The smallest absolute Gasteiger partial charge is 0.324 e. The van der Waals surface area contributed by atoms with Crippen LogP contribution < -0.4 is 9.64 Å². The fourth-order valence-corrected chi connectivity index (χ4v) is 5.23. The van der Waals surface area contributed by atoms with Crippen molar-refractivity contribution in [3.63, 3.8) is 0 Å². The van der Waals surface area contributed by atoms with Crippen LogP contribution in [-0.4, -0.2) is 67.7 Å². The lowest BCUT2D eigenvalue weighted by atomic mass is 9.92. The van der Waals surface area contributed by atoms with Crippen LogP contribution in [0.25, 0.3) is 21.6 Å². The summed E-state index contributed by atoms with van der Waals surface area (Å²) in [4.78, 5) is 21.7. The van der Waals surface area contributed by atoms with Gasteiger partial charge in [0.15, 0.2) is 5.82 Å². The Bertz CT molecular complexity index is 1330. The van der Waals surface area contributed by atoms with E-state index in [-0.39, 0.29) is 25.2 Å². The maximum atomic E-state index is 7.62. The number of rotatable bonds is 7. The molecule has 1 aliphatic heterocycles. The molecule has 10 nitrogen and oxygen atoms in total. The van der Waals surface area contributed by atoms with E-state index in [1.807, 2.05) is 32.0 Å². The molecule has 0 spiro atoms. The van der Waals surface area contributed by atoms with E-state index < -0.39 is 0 Å². The number of aliphatic hydroxyl groups excluding tert-OH is 2. The van der Waals surface area contributed by atoms with Crippen LogP contribution >= 0.6 is 11.3 Å². The fourth-order valence-electron chi connectivity index (χ4n) is 4.36. The van der Waals surface area contributed by atoms with Gasteiger partial charge in [0.2, 0.25) is 0 Å². The van der Waals surface area contributed by atoms with E-state index in [9.17, 15) is 0 Å². The maximum absolute atomic E-state index is 7.62. The molecule has 0 bridgehead atoms. The number of pyridine rings is 2. The van der Waals surface area contributed by atoms with Gasteiger partial charge in [-0.1, -0.05) is 30.3 Å². The molecule has 2 N–H and O–H groups in total. The molecular formula is C27H36N6O4S. The normalized spacial score (nSPS) is 15.0. The molecule has 4 aromatic rings. The molecular weight excluding hydrogens is 504 g/mol. The summed E-state index contributed by atoms with van der Waals surface area (Å²) < 4.78 is 11.7. The fraction of sp³-hybridized carbons (Fsp3) is 0.519. The third-order valence-corrected chi connectivity index (χ3v) is 7.40. The van der Waals surface area contributed by atoms with Crippen molar-refractivity contribution >= 4 is 27.7 Å². The van der Waals surface area contributed by atoms with Gasteiger partial charge in [0.05, 0.1) is 18.9 Å². The lowest BCUT2D eigenvalue weighted by Gasteiger charge is -2.33. The van der Waals surface area contributed by atoms with Gasteiger partial charge in [-0.2, -0.15) is 4.98 Å². The number of anilines is 1. The Morgan fingerprint density at radius 2 is 1.74 bits per heavy atom. The number of hydrogen-bond acceptors (Lipinski definition) is 11. The minimum absolute atomic E-state index is 0.0691. The predicted molar refractivity (Wildman–Crippen MR) is 148 cm³/mol. The highest BCUT2D eigenvalue weighted by Gasteiger charge is 2.28. The number of aryl methyl sites for hydroxylation is 2. The van der Waals surface area contributed by atoms with Crippen LogP contribution in [0.3, 0.4) is 0 Å². The number of fused-ring (bicyclic) bond motifs is 1. The Balaban J connectivity index is 0.000000786. The van der Waals surface area contributed by atoms with Crippen molar-refractivity contribution in [3.05, 3.63) is 41.5 Å². The van der Waals surface area contributed by atoms with Crippen molar-refractivity contribution in [3.8, 4) is 16.5 Å². The molecule has 1 atom stereocenters. The molecule has 0 aromatic carbocycles. The third-order valence-electron chi connectivity index (χ3n) is 6.55. The molecule has 1 fully saturated rings. The summed E-state index contributed by atoms with van der Waals surface area (Å²) in [7, 11) is 0. The van der Waals surface area contributed by atoms with Crippen LogP contribution in [0.2, 0.25) is 0 Å². The zero-order valence-corrected chi connectivity index (χ0v) is 23.4. The van der Waals surface area contributed by atoms with Crippen LogP contribution in [0.15, 0.2) is 28.8 Å². The Morgan fingerprint density at radius 3 is 2.37 bits per heavy atom. The molecule has 5 rings (SSSR count). The summed E-state index contributed by atoms with van der Waals surface area (Å²) in [6, 6.07) is 8.75. The summed E-state index contributed by atoms with van der Waals surface area (Å²) >= 11 is 1.50. The Labute approximate surface area is 226 Å². The van der Waals surface area contributed by atoms with E-state index in [1.165, 1.54) is 11.3 Å². The molecule has 1 saturated heterocycles.